The molecule has 1 aromatic rings. The zero-order valence-electron chi connectivity index (χ0n) is 11.9. The molecule has 3 unspecified atom stereocenters. The van der Waals surface area contributed by atoms with Gasteiger partial charge in [0.2, 0.25) is 0 Å². The van der Waals surface area contributed by atoms with E-state index in [0.29, 0.717) is 17.2 Å². The van der Waals surface area contributed by atoms with Crippen LogP contribution in [0.5, 0.6) is 5.75 Å². The van der Waals surface area contributed by atoms with E-state index in [-0.39, 0.29) is 6.10 Å². The molecule has 3 heteroatoms. The molecule has 0 aromatic heterocycles. The first kappa shape index (κ1) is 14.3. The van der Waals surface area contributed by atoms with E-state index >= 15 is 0 Å². The molecule has 2 nitrogen and oxygen atoms in total. The highest BCUT2D eigenvalue weighted by Gasteiger charge is 2.25. The van der Waals surface area contributed by atoms with Crippen LogP contribution in [0.25, 0.3) is 0 Å². The van der Waals surface area contributed by atoms with Gasteiger partial charge in [0, 0.05) is 11.6 Å². The van der Waals surface area contributed by atoms with Gasteiger partial charge in [-0.1, -0.05) is 13.8 Å². The number of rotatable bonds is 3. The molecule has 106 valence electrons. The Kier molecular flexibility index (Phi) is 4.46. The quantitative estimate of drug-likeness (QED) is 0.893. The van der Waals surface area contributed by atoms with Crippen LogP contribution in [0.4, 0.5) is 4.39 Å². The molecular formula is C16H23FO2. The Balaban J connectivity index is 2.02. The summed E-state index contributed by atoms with van der Waals surface area (Å²) in [6.07, 6.45) is 2.62. The number of ether oxygens (including phenoxy) is 1. The van der Waals surface area contributed by atoms with Crippen LogP contribution in [-0.4, -0.2) is 11.2 Å². The van der Waals surface area contributed by atoms with Crippen LogP contribution in [-0.2, 0) is 0 Å². The summed E-state index contributed by atoms with van der Waals surface area (Å²) in [5.74, 6) is 1.56. The lowest BCUT2D eigenvalue weighted by Gasteiger charge is -2.32. The third kappa shape index (κ3) is 3.47. The van der Waals surface area contributed by atoms with Gasteiger partial charge in [-0.05, 0) is 50.2 Å². The maximum absolute atomic E-state index is 13.8. The van der Waals surface area contributed by atoms with Crippen molar-refractivity contribution in [1.82, 2.24) is 0 Å². The minimum Gasteiger partial charge on any atom is -0.490 e. The molecule has 4 atom stereocenters. The molecule has 0 amide bonds. The highest BCUT2D eigenvalue weighted by molar-refractivity contribution is 5.30. The van der Waals surface area contributed by atoms with Crippen molar-refractivity contribution in [2.45, 2.75) is 52.2 Å². The van der Waals surface area contributed by atoms with E-state index in [2.05, 4.69) is 13.8 Å². The van der Waals surface area contributed by atoms with Crippen molar-refractivity contribution in [2.75, 3.05) is 0 Å². The summed E-state index contributed by atoms with van der Waals surface area (Å²) in [5, 5.41) is 9.40. The first-order chi connectivity index (χ1) is 8.97. The van der Waals surface area contributed by atoms with Crippen LogP contribution in [0.1, 0.15) is 51.7 Å². The summed E-state index contributed by atoms with van der Waals surface area (Å²) in [7, 11) is 0. The Morgan fingerprint density at radius 1 is 1.26 bits per heavy atom. The van der Waals surface area contributed by atoms with Crippen LogP contribution in [0.3, 0.4) is 0 Å². The first-order valence-corrected chi connectivity index (χ1v) is 7.11. The lowest BCUT2D eigenvalue weighted by atomic mass is 9.80. The normalized spacial score (nSPS) is 29.0. The number of benzene rings is 1. The van der Waals surface area contributed by atoms with Gasteiger partial charge in [-0.15, -0.1) is 0 Å². The molecular weight excluding hydrogens is 243 g/mol. The molecule has 1 aliphatic carbocycles. The Morgan fingerprint density at radius 2 is 2.00 bits per heavy atom. The monoisotopic (exact) mass is 266 g/mol. The van der Waals surface area contributed by atoms with Crippen molar-refractivity contribution < 1.29 is 14.2 Å². The highest BCUT2D eigenvalue weighted by atomic mass is 19.1. The van der Waals surface area contributed by atoms with E-state index in [1.165, 1.54) is 12.5 Å². The van der Waals surface area contributed by atoms with Crippen LogP contribution >= 0.6 is 0 Å². The fraction of sp³-hybridized carbons (Fsp3) is 0.625. The van der Waals surface area contributed by atoms with Crippen molar-refractivity contribution in [3.8, 4) is 5.75 Å². The number of hydrogen-bond acceptors (Lipinski definition) is 2. The molecule has 0 bridgehead atoms. The summed E-state index contributed by atoms with van der Waals surface area (Å²) in [6, 6.07) is 4.73. The van der Waals surface area contributed by atoms with E-state index in [1.807, 2.05) is 0 Å². The molecule has 1 saturated carbocycles. The zero-order valence-corrected chi connectivity index (χ0v) is 11.9. The predicted octanol–water partition coefficient (Wildman–Crippen LogP) is 4.08. The summed E-state index contributed by atoms with van der Waals surface area (Å²) in [5.41, 5.74) is 0.318. The lowest BCUT2D eigenvalue weighted by molar-refractivity contribution is 0.100. The second-order valence-electron chi connectivity index (χ2n) is 5.87. The van der Waals surface area contributed by atoms with Gasteiger partial charge in [0.05, 0.1) is 12.2 Å². The minimum absolute atomic E-state index is 0.183. The molecule has 19 heavy (non-hydrogen) atoms. The smallest absolute Gasteiger partial charge is 0.132 e. The molecule has 2 rings (SSSR count). The van der Waals surface area contributed by atoms with Crippen molar-refractivity contribution >= 4 is 0 Å². The van der Waals surface area contributed by atoms with Crippen molar-refractivity contribution in [3.63, 3.8) is 0 Å². The molecule has 0 heterocycles. The van der Waals surface area contributed by atoms with Crippen molar-refractivity contribution in [2.24, 2.45) is 11.8 Å². The molecule has 0 radical (unpaired) electrons. The molecule has 1 fully saturated rings. The second kappa shape index (κ2) is 5.91. The molecule has 0 spiro atoms. The van der Waals surface area contributed by atoms with Gasteiger partial charge >= 0.3 is 0 Å². The highest BCUT2D eigenvalue weighted by Crippen LogP contribution is 2.32. The van der Waals surface area contributed by atoms with Gasteiger partial charge in [0.15, 0.2) is 0 Å². The van der Waals surface area contributed by atoms with Gasteiger partial charge in [-0.25, -0.2) is 4.39 Å². The predicted molar refractivity (Wildman–Crippen MR) is 73.6 cm³/mol. The number of aliphatic hydroxyl groups excluding tert-OH is 1. The maximum Gasteiger partial charge on any atom is 0.132 e. The van der Waals surface area contributed by atoms with E-state index in [9.17, 15) is 9.50 Å². The lowest BCUT2D eigenvalue weighted by Crippen LogP contribution is -2.28. The summed E-state index contributed by atoms with van der Waals surface area (Å²) < 4.78 is 19.6. The van der Waals surface area contributed by atoms with Crippen LogP contribution in [0.2, 0.25) is 0 Å². The third-order valence-electron chi connectivity index (χ3n) is 4.27. The minimum atomic E-state index is -0.787. The summed E-state index contributed by atoms with van der Waals surface area (Å²) >= 11 is 0. The fourth-order valence-electron chi connectivity index (χ4n) is 2.72. The molecule has 0 aliphatic heterocycles. The third-order valence-corrected chi connectivity index (χ3v) is 4.27. The average molecular weight is 266 g/mol. The average Bonchev–Trinajstić information content (AvgIpc) is 2.33. The number of aliphatic hydroxyl groups is 1. The Hall–Kier alpha value is -1.09. The molecule has 1 N–H and O–H groups in total. The Morgan fingerprint density at radius 3 is 2.58 bits per heavy atom. The van der Waals surface area contributed by atoms with E-state index < -0.39 is 11.9 Å². The Bertz CT molecular complexity index is 431. The van der Waals surface area contributed by atoms with Gasteiger partial charge in [-0.2, -0.15) is 0 Å². The summed E-state index contributed by atoms with van der Waals surface area (Å²) in [4.78, 5) is 0. The van der Waals surface area contributed by atoms with Gasteiger partial charge in [0.25, 0.3) is 0 Å². The van der Waals surface area contributed by atoms with Crippen molar-refractivity contribution in [1.29, 1.82) is 0 Å². The van der Waals surface area contributed by atoms with Crippen molar-refractivity contribution in [3.05, 3.63) is 29.6 Å². The zero-order chi connectivity index (χ0) is 14.0. The van der Waals surface area contributed by atoms with E-state index in [1.54, 1.807) is 19.1 Å². The van der Waals surface area contributed by atoms with E-state index in [4.69, 9.17) is 4.74 Å². The topological polar surface area (TPSA) is 29.5 Å². The van der Waals surface area contributed by atoms with Crippen LogP contribution in [0, 0.1) is 17.7 Å². The van der Waals surface area contributed by atoms with Gasteiger partial charge < -0.3 is 9.84 Å². The first-order valence-electron chi connectivity index (χ1n) is 7.11. The second-order valence-corrected chi connectivity index (χ2v) is 5.87. The number of halogens is 1. The van der Waals surface area contributed by atoms with Crippen LogP contribution in [0.15, 0.2) is 18.2 Å². The van der Waals surface area contributed by atoms with Crippen LogP contribution < -0.4 is 4.74 Å². The van der Waals surface area contributed by atoms with E-state index in [0.717, 1.165) is 18.8 Å². The molecule has 1 aliphatic rings. The SMILES string of the molecule is CC1CCC(Oc2ccc([C@@H](C)O)c(F)c2)CC1C. The molecule has 0 saturated heterocycles. The van der Waals surface area contributed by atoms with Gasteiger partial charge in [0.1, 0.15) is 11.6 Å². The standard InChI is InChI=1S/C16H23FO2/c1-10-4-5-13(8-11(10)2)19-14-6-7-15(12(3)18)16(17)9-14/h6-7,9-13,18H,4-5,8H2,1-3H3/t10?,11?,12-,13?/m1/s1. The largest absolute Gasteiger partial charge is 0.490 e. The summed E-state index contributed by atoms with van der Waals surface area (Å²) in [6.45, 7) is 6.08. The van der Waals surface area contributed by atoms with Gasteiger partial charge in [-0.3, -0.25) is 0 Å². The number of hydrogen-bond donors (Lipinski definition) is 1. The molecule has 1 aromatic carbocycles. The Labute approximate surface area is 114 Å². The fourth-order valence-corrected chi connectivity index (χ4v) is 2.72. The maximum atomic E-state index is 13.8.